The first-order chi connectivity index (χ1) is 10.7. The molecule has 4 nitrogen and oxygen atoms in total. The smallest absolute Gasteiger partial charge is 0.223 e. The average Bonchev–Trinajstić information content (AvgIpc) is 3.00. The van der Waals surface area contributed by atoms with Crippen molar-refractivity contribution in [2.75, 3.05) is 19.8 Å². The molecule has 1 amide bonds. The van der Waals surface area contributed by atoms with Gasteiger partial charge in [0.15, 0.2) is 0 Å². The van der Waals surface area contributed by atoms with E-state index in [-0.39, 0.29) is 11.9 Å². The van der Waals surface area contributed by atoms with Crippen molar-refractivity contribution in [2.24, 2.45) is 0 Å². The minimum atomic E-state index is -0.106. The Kier molecular flexibility index (Phi) is 4.59. The minimum absolute atomic E-state index is 0.106. The standard InChI is InChI=1S/C18H21NO3/c1-14-7-9-17(22-14)16-13-21-12-11-19(16)18(20)10-8-15-5-3-2-4-6-15/h2-7,9,16H,8,10-13H2,1H3. The van der Waals surface area contributed by atoms with E-state index >= 15 is 0 Å². The van der Waals surface area contributed by atoms with Gasteiger partial charge in [-0.25, -0.2) is 0 Å². The number of rotatable bonds is 4. The molecule has 1 fully saturated rings. The Morgan fingerprint density at radius 1 is 1.23 bits per heavy atom. The molecule has 0 N–H and O–H groups in total. The minimum Gasteiger partial charge on any atom is -0.464 e. The van der Waals surface area contributed by atoms with E-state index in [2.05, 4.69) is 12.1 Å². The predicted molar refractivity (Wildman–Crippen MR) is 83.5 cm³/mol. The quantitative estimate of drug-likeness (QED) is 0.871. The molecule has 4 heteroatoms. The number of ether oxygens (including phenoxy) is 1. The third kappa shape index (κ3) is 3.39. The van der Waals surface area contributed by atoms with Gasteiger partial charge in [-0.3, -0.25) is 4.79 Å². The molecule has 1 unspecified atom stereocenters. The van der Waals surface area contributed by atoms with Gasteiger partial charge in [0.25, 0.3) is 0 Å². The Hall–Kier alpha value is -2.07. The molecular weight excluding hydrogens is 278 g/mol. The second-order valence-corrected chi connectivity index (χ2v) is 5.61. The van der Waals surface area contributed by atoms with E-state index in [1.165, 1.54) is 5.56 Å². The van der Waals surface area contributed by atoms with Crippen LogP contribution in [-0.4, -0.2) is 30.6 Å². The lowest BCUT2D eigenvalue weighted by atomic mass is 10.1. The number of aryl methyl sites for hydroxylation is 2. The molecule has 0 radical (unpaired) electrons. The number of furan rings is 1. The van der Waals surface area contributed by atoms with Gasteiger partial charge < -0.3 is 14.1 Å². The topological polar surface area (TPSA) is 42.7 Å². The summed E-state index contributed by atoms with van der Waals surface area (Å²) in [6.07, 6.45) is 1.28. The lowest BCUT2D eigenvalue weighted by molar-refractivity contribution is -0.141. The summed E-state index contributed by atoms with van der Waals surface area (Å²) in [7, 11) is 0. The molecule has 1 aromatic heterocycles. The van der Waals surface area contributed by atoms with Crippen molar-refractivity contribution in [3.63, 3.8) is 0 Å². The highest BCUT2D eigenvalue weighted by Gasteiger charge is 2.30. The van der Waals surface area contributed by atoms with Gasteiger partial charge in [-0.15, -0.1) is 0 Å². The largest absolute Gasteiger partial charge is 0.464 e. The number of morpholine rings is 1. The summed E-state index contributed by atoms with van der Waals surface area (Å²) >= 11 is 0. The highest BCUT2D eigenvalue weighted by atomic mass is 16.5. The van der Waals surface area contributed by atoms with Crippen molar-refractivity contribution in [1.29, 1.82) is 0 Å². The van der Waals surface area contributed by atoms with Gasteiger partial charge in [0.05, 0.1) is 13.2 Å². The van der Waals surface area contributed by atoms with E-state index in [0.717, 1.165) is 17.9 Å². The molecule has 1 atom stereocenters. The summed E-state index contributed by atoms with van der Waals surface area (Å²) in [5, 5.41) is 0. The van der Waals surface area contributed by atoms with Crippen molar-refractivity contribution in [3.05, 3.63) is 59.5 Å². The molecule has 116 valence electrons. The number of benzene rings is 1. The predicted octanol–water partition coefficient (Wildman–Crippen LogP) is 3.12. The third-order valence-electron chi connectivity index (χ3n) is 4.01. The lowest BCUT2D eigenvalue weighted by Gasteiger charge is -2.34. The van der Waals surface area contributed by atoms with Crippen LogP contribution in [0.25, 0.3) is 0 Å². The van der Waals surface area contributed by atoms with Crippen molar-refractivity contribution >= 4 is 5.91 Å². The first-order valence-electron chi connectivity index (χ1n) is 7.71. The van der Waals surface area contributed by atoms with Crippen LogP contribution in [0.4, 0.5) is 0 Å². The zero-order chi connectivity index (χ0) is 15.4. The van der Waals surface area contributed by atoms with Crippen LogP contribution in [0.5, 0.6) is 0 Å². The fourth-order valence-corrected chi connectivity index (χ4v) is 2.81. The molecule has 22 heavy (non-hydrogen) atoms. The fraction of sp³-hybridized carbons (Fsp3) is 0.389. The van der Waals surface area contributed by atoms with Crippen LogP contribution < -0.4 is 0 Å². The Balaban J connectivity index is 1.66. The van der Waals surface area contributed by atoms with Crippen LogP contribution in [0.3, 0.4) is 0 Å². The highest BCUT2D eigenvalue weighted by molar-refractivity contribution is 5.77. The summed E-state index contributed by atoms with van der Waals surface area (Å²) in [6.45, 7) is 3.63. The Morgan fingerprint density at radius 2 is 2.05 bits per heavy atom. The zero-order valence-corrected chi connectivity index (χ0v) is 12.8. The van der Waals surface area contributed by atoms with Gasteiger partial charge in [-0.1, -0.05) is 30.3 Å². The molecule has 0 spiro atoms. The van der Waals surface area contributed by atoms with Crippen LogP contribution in [0, 0.1) is 6.92 Å². The van der Waals surface area contributed by atoms with Crippen LogP contribution in [0.2, 0.25) is 0 Å². The molecule has 2 aromatic rings. The zero-order valence-electron chi connectivity index (χ0n) is 12.8. The number of nitrogens with zero attached hydrogens (tertiary/aromatic N) is 1. The molecule has 1 saturated heterocycles. The second kappa shape index (κ2) is 6.79. The van der Waals surface area contributed by atoms with Crippen molar-refractivity contribution in [1.82, 2.24) is 4.90 Å². The maximum atomic E-state index is 12.6. The number of carbonyl (C=O) groups is 1. The van der Waals surface area contributed by atoms with Crippen LogP contribution >= 0.6 is 0 Å². The Bertz CT molecular complexity index is 620. The molecule has 2 heterocycles. The first-order valence-corrected chi connectivity index (χ1v) is 7.71. The molecule has 1 aliphatic rings. The van der Waals surface area contributed by atoms with E-state index < -0.39 is 0 Å². The van der Waals surface area contributed by atoms with E-state index in [9.17, 15) is 4.79 Å². The molecule has 0 bridgehead atoms. The normalized spacial score (nSPS) is 18.4. The monoisotopic (exact) mass is 299 g/mol. The van der Waals surface area contributed by atoms with Crippen molar-refractivity contribution in [2.45, 2.75) is 25.8 Å². The van der Waals surface area contributed by atoms with Gasteiger partial charge in [0.2, 0.25) is 5.91 Å². The molecule has 0 aliphatic carbocycles. The summed E-state index contributed by atoms with van der Waals surface area (Å²) in [5.41, 5.74) is 1.19. The highest BCUT2D eigenvalue weighted by Crippen LogP contribution is 2.26. The van der Waals surface area contributed by atoms with Gasteiger partial charge in [0, 0.05) is 13.0 Å². The number of amides is 1. The Morgan fingerprint density at radius 3 is 2.77 bits per heavy atom. The van der Waals surface area contributed by atoms with Gasteiger partial charge in [-0.2, -0.15) is 0 Å². The number of carbonyl (C=O) groups excluding carboxylic acids is 1. The fourth-order valence-electron chi connectivity index (χ4n) is 2.81. The summed E-state index contributed by atoms with van der Waals surface area (Å²) in [5.74, 6) is 1.83. The average molecular weight is 299 g/mol. The third-order valence-corrected chi connectivity index (χ3v) is 4.01. The molecule has 1 aromatic carbocycles. The van der Waals surface area contributed by atoms with E-state index in [0.29, 0.717) is 26.2 Å². The van der Waals surface area contributed by atoms with Crippen LogP contribution in [0.1, 0.15) is 29.5 Å². The van der Waals surface area contributed by atoms with Gasteiger partial charge in [0.1, 0.15) is 17.6 Å². The molecule has 0 saturated carbocycles. The van der Waals surface area contributed by atoms with Gasteiger partial charge >= 0.3 is 0 Å². The van der Waals surface area contributed by atoms with E-state index in [4.69, 9.17) is 9.15 Å². The summed E-state index contributed by atoms with van der Waals surface area (Å²) in [4.78, 5) is 14.5. The molecular formula is C18H21NO3. The van der Waals surface area contributed by atoms with Crippen molar-refractivity contribution < 1.29 is 13.9 Å². The molecule has 3 rings (SSSR count). The molecule has 1 aliphatic heterocycles. The van der Waals surface area contributed by atoms with Crippen LogP contribution in [0.15, 0.2) is 46.9 Å². The maximum Gasteiger partial charge on any atom is 0.223 e. The van der Waals surface area contributed by atoms with E-state index in [1.807, 2.05) is 42.2 Å². The number of hydrogen-bond acceptors (Lipinski definition) is 3. The van der Waals surface area contributed by atoms with E-state index in [1.54, 1.807) is 0 Å². The van der Waals surface area contributed by atoms with Crippen molar-refractivity contribution in [3.8, 4) is 0 Å². The lowest BCUT2D eigenvalue weighted by Crippen LogP contribution is -2.43. The van der Waals surface area contributed by atoms with Crippen LogP contribution in [-0.2, 0) is 16.0 Å². The number of hydrogen-bond donors (Lipinski definition) is 0. The second-order valence-electron chi connectivity index (χ2n) is 5.61. The maximum absolute atomic E-state index is 12.6. The van der Waals surface area contributed by atoms with Gasteiger partial charge in [-0.05, 0) is 31.0 Å². The first kappa shape index (κ1) is 14.9. The Labute approximate surface area is 130 Å². The summed E-state index contributed by atoms with van der Waals surface area (Å²) in [6, 6.07) is 13.9. The SMILES string of the molecule is Cc1ccc(C2COCCN2C(=O)CCc2ccccc2)o1. The summed E-state index contributed by atoms with van der Waals surface area (Å²) < 4.78 is 11.2.